The standard InChI is InChI=1S/C28H25BrClNO3/c1-32-19-24(20-33-25-17-18-26(29)31-27(25)30)34-28(21-11-5-2-6-12-21,22-13-7-3-8-14-22)23-15-9-4-10-16-23/h2-18,24H,19-20H2,1H3. The predicted octanol–water partition coefficient (Wildman–Crippen LogP) is 6.90. The lowest BCUT2D eigenvalue weighted by Crippen LogP contribution is -2.41. The number of hydrogen-bond acceptors (Lipinski definition) is 4. The predicted molar refractivity (Wildman–Crippen MR) is 138 cm³/mol. The number of benzene rings is 3. The number of methoxy groups -OCH3 is 1. The van der Waals surface area contributed by atoms with Crippen molar-refractivity contribution in [2.45, 2.75) is 11.7 Å². The Kier molecular flexibility index (Phi) is 8.35. The van der Waals surface area contributed by atoms with Crippen LogP contribution in [0.25, 0.3) is 0 Å². The first-order valence-electron chi connectivity index (χ1n) is 10.9. The van der Waals surface area contributed by atoms with Crippen LogP contribution >= 0.6 is 27.5 Å². The van der Waals surface area contributed by atoms with E-state index in [4.69, 9.17) is 25.8 Å². The van der Waals surface area contributed by atoms with Crippen LogP contribution in [-0.2, 0) is 15.1 Å². The Hall–Kier alpha value is -2.70. The van der Waals surface area contributed by atoms with Gasteiger partial charge in [-0.05, 0) is 44.8 Å². The van der Waals surface area contributed by atoms with E-state index in [0.29, 0.717) is 17.0 Å². The van der Waals surface area contributed by atoms with Gasteiger partial charge in [0.05, 0.1) is 6.61 Å². The maximum Gasteiger partial charge on any atom is 0.172 e. The largest absolute Gasteiger partial charge is 0.488 e. The summed E-state index contributed by atoms with van der Waals surface area (Å²) in [7, 11) is 1.65. The van der Waals surface area contributed by atoms with Gasteiger partial charge in [0.2, 0.25) is 0 Å². The molecule has 0 aliphatic rings. The van der Waals surface area contributed by atoms with E-state index in [1.165, 1.54) is 0 Å². The normalized spacial score (nSPS) is 12.3. The fourth-order valence-corrected chi connectivity index (χ4v) is 4.58. The first-order chi connectivity index (χ1) is 16.6. The number of ether oxygens (including phenoxy) is 3. The number of rotatable bonds is 10. The third kappa shape index (κ3) is 5.50. The second-order valence-corrected chi connectivity index (χ2v) is 8.88. The highest BCUT2D eigenvalue weighted by molar-refractivity contribution is 9.10. The molecular weight excluding hydrogens is 514 g/mol. The lowest BCUT2D eigenvalue weighted by molar-refractivity contribution is -0.0920. The molecule has 0 spiro atoms. The molecule has 0 N–H and O–H groups in total. The van der Waals surface area contributed by atoms with Crippen LogP contribution in [0.1, 0.15) is 16.7 Å². The molecule has 6 heteroatoms. The highest BCUT2D eigenvalue weighted by Gasteiger charge is 2.40. The molecule has 0 fully saturated rings. The zero-order chi connectivity index (χ0) is 23.8. The number of halogens is 2. The van der Waals surface area contributed by atoms with Gasteiger partial charge >= 0.3 is 0 Å². The summed E-state index contributed by atoms with van der Waals surface area (Å²) in [6.07, 6.45) is -0.412. The third-order valence-electron chi connectivity index (χ3n) is 5.44. The van der Waals surface area contributed by atoms with Crippen LogP contribution in [-0.4, -0.2) is 31.4 Å². The zero-order valence-corrected chi connectivity index (χ0v) is 21.1. The fraction of sp³-hybridized carbons (Fsp3) is 0.179. The van der Waals surface area contributed by atoms with Crippen molar-refractivity contribution < 1.29 is 14.2 Å². The number of hydrogen-bond donors (Lipinski definition) is 0. The number of nitrogens with zero attached hydrogens (tertiary/aromatic N) is 1. The van der Waals surface area contributed by atoms with Crippen LogP contribution in [0.4, 0.5) is 0 Å². The van der Waals surface area contributed by atoms with Crippen LogP contribution in [0.5, 0.6) is 5.75 Å². The molecule has 0 radical (unpaired) electrons. The van der Waals surface area contributed by atoms with Crippen LogP contribution < -0.4 is 4.74 Å². The monoisotopic (exact) mass is 537 g/mol. The molecule has 1 heterocycles. The van der Waals surface area contributed by atoms with Crippen molar-refractivity contribution in [3.8, 4) is 5.75 Å². The van der Waals surface area contributed by atoms with Crippen molar-refractivity contribution in [1.82, 2.24) is 4.98 Å². The van der Waals surface area contributed by atoms with Crippen molar-refractivity contribution >= 4 is 27.5 Å². The van der Waals surface area contributed by atoms with Crippen LogP contribution in [0.15, 0.2) is 108 Å². The Morgan fingerprint density at radius 3 is 1.71 bits per heavy atom. The van der Waals surface area contributed by atoms with E-state index in [2.05, 4.69) is 57.3 Å². The van der Waals surface area contributed by atoms with Gasteiger partial charge in [-0.2, -0.15) is 0 Å². The maximum atomic E-state index is 7.00. The molecule has 4 rings (SSSR count). The molecule has 0 bridgehead atoms. The Labute approximate surface area is 213 Å². The summed E-state index contributed by atoms with van der Waals surface area (Å²) in [4.78, 5) is 4.20. The van der Waals surface area contributed by atoms with Gasteiger partial charge < -0.3 is 14.2 Å². The second-order valence-electron chi connectivity index (χ2n) is 7.71. The summed E-state index contributed by atoms with van der Waals surface area (Å²) in [5.41, 5.74) is 2.16. The van der Waals surface area contributed by atoms with Gasteiger partial charge in [0.1, 0.15) is 22.9 Å². The summed E-state index contributed by atoms with van der Waals surface area (Å²) < 4.78 is 19.2. The maximum absolute atomic E-state index is 7.00. The molecule has 1 aromatic heterocycles. The molecule has 174 valence electrons. The van der Waals surface area contributed by atoms with E-state index in [9.17, 15) is 0 Å². The van der Waals surface area contributed by atoms with Gasteiger partial charge in [0, 0.05) is 7.11 Å². The quantitative estimate of drug-likeness (QED) is 0.163. The van der Waals surface area contributed by atoms with Crippen molar-refractivity contribution in [3.63, 3.8) is 0 Å². The SMILES string of the molecule is COCC(COc1ccc(Br)nc1Cl)OC(c1ccccc1)(c1ccccc1)c1ccccc1. The highest BCUT2D eigenvalue weighted by Crippen LogP contribution is 2.41. The number of pyridine rings is 1. The van der Waals surface area contributed by atoms with E-state index < -0.39 is 11.7 Å². The summed E-state index contributed by atoms with van der Waals surface area (Å²) >= 11 is 9.60. The van der Waals surface area contributed by atoms with Crippen molar-refractivity contribution in [2.24, 2.45) is 0 Å². The summed E-state index contributed by atoms with van der Waals surface area (Å²) in [5.74, 6) is 0.485. The Morgan fingerprint density at radius 1 is 0.765 bits per heavy atom. The molecular formula is C28H25BrClNO3. The smallest absolute Gasteiger partial charge is 0.172 e. The van der Waals surface area contributed by atoms with E-state index in [-0.39, 0.29) is 11.8 Å². The molecule has 1 atom stereocenters. The van der Waals surface area contributed by atoms with Crippen molar-refractivity contribution in [1.29, 1.82) is 0 Å². The minimum Gasteiger partial charge on any atom is -0.488 e. The summed E-state index contributed by atoms with van der Waals surface area (Å²) in [5, 5.41) is 0.283. The van der Waals surface area contributed by atoms with Crippen LogP contribution in [0.2, 0.25) is 5.15 Å². The molecule has 4 nitrogen and oxygen atoms in total. The summed E-state index contributed by atoms with van der Waals surface area (Å²) in [6.45, 7) is 0.556. The molecule has 0 aliphatic carbocycles. The van der Waals surface area contributed by atoms with E-state index >= 15 is 0 Å². The third-order valence-corrected chi connectivity index (χ3v) is 6.15. The Balaban J connectivity index is 1.77. The van der Waals surface area contributed by atoms with Gasteiger partial charge in [0.15, 0.2) is 10.9 Å². The minimum atomic E-state index is -0.877. The van der Waals surface area contributed by atoms with Crippen molar-refractivity contribution in [2.75, 3.05) is 20.3 Å². The van der Waals surface area contributed by atoms with Crippen molar-refractivity contribution in [3.05, 3.63) is 130 Å². The fourth-order valence-electron chi connectivity index (χ4n) is 3.96. The van der Waals surface area contributed by atoms with Crippen LogP contribution in [0.3, 0.4) is 0 Å². The van der Waals surface area contributed by atoms with Gasteiger partial charge in [-0.25, -0.2) is 4.98 Å². The average Bonchev–Trinajstić information content (AvgIpc) is 2.88. The molecule has 4 aromatic rings. The van der Waals surface area contributed by atoms with Gasteiger partial charge in [-0.1, -0.05) is 103 Å². The van der Waals surface area contributed by atoms with Crippen LogP contribution in [0, 0.1) is 0 Å². The first kappa shape index (κ1) is 24.4. The highest BCUT2D eigenvalue weighted by atomic mass is 79.9. The first-order valence-corrected chi connectivity index (χ1v) is 12.1. The molecule has 0 aliphatic heterocycles. The second kappa shape index (κ2) is 11.6. The minimum absolute atomic E-state index is 0.227. The average molecular weight is 539 g/mol. The number of aromatic nitrogens is 1. The van der Waals surface area contributed by atoms with E-state index in [1.807, 2.05) is 54.6 Å². The zero-order valence-electron chi connectivity index (χ0n) is 18.7. The molecule has 3 aromatic carbocycles. The lowest BCUT2D eigenvalue weighted by atomic mass is 9.80. The van der Waals surface area contributed by atoms with E-state index in [0.717, 1.165) is 16.7 Å². The molecule has 0 amide bonds. The van der Waals surface area contributed by atoms with Gasteiger partial charge in [-0.15, -0.1) is 0 Å². The molecule has 0 saturated carbocycles. The lowest BCUT2D eigenvalue weighted by Gasteiger charge is -2.38. The molecule has 0 saturated heterocycles. The van der Waals surface area contributed by atoms with E-state index in [1.54, 1.807) is 19.2 Å². The molecule has 1 unspecified atom stereocenters. The topological polar surface area (TPSA) is 40.6 Å². The summed E-state index contributed by atoms with van der Waals surface area (Å²) in [6, 6.07) is 34.2. The van der Waals surface area contributed by atoms with Gasteiger partial charge in [0.25, 0.3) is 0 Å². The van der Waals surface area contributed by atoms with Gasteiger partial charge in [-0.3, -0.25) is 0 Å². The Bertz CT molecular complexity index is 1080. The Morgan fingerprint density at radius 2 is 1.26 bits per heavy atom. The molecule has 34 heavy (non-hydrogen) atoms.